The van der Waals surface area contributed by atoms with E-state index in [-0.39, 0.29) is 24.2 Å². The molecule has 1 heterocycles. The van der Waals surface area contributed by atoms with Crippen molar-refractivity contribution < 1.29 is 9.59 Å². The second-order valence-electron chi connectivity index (χ2n) is 5.16. The van der Waals surface area contributed by atoms with Crippen molar-refractivity contribution in [2.24, 2.45) is 5.73 Å². The summed E-state index contributed by atoms with van der Waals surface area (Å²) in [6, 6.07) is 5.77. The number of nitrogens with two attached hydrogens (primary N) is 1. The number of amides is 1. The molecule has 1 unspecified atom stereocenters. The minimum absolute atomic E-state index is 0.0956. The molecule has 1 aliphatic carbocycles. The molecule has 5 heteroatoms. The van der Waals surface area contributed by atoms with Gasteiger partial charge in [0.1, 0.15) is 0 Å². The Labute approximate surface area is 116 Å². The Morgan fingerprint density at radius 1 is 1.42 bits per heavy atom. The van der Waals surface area contributed by atoms with Crippen LogP contribution in [0.15, 0.2) is 23.1 Å². The van der Waals surface area contributed by atoms with Gasteiger partial charge in [0.25, 0.3) is 0 Å². The number of ketones is 1. The van der Waals surface area contributed by atoms with Crippen molar-refractivity contribution in [3.8, 4) is 0 Å². The lowest BCUT2D eigenvalue weighted by Crippen LogP contribution is -2.33. The van der Waals surface area contributed by atoms with E-state index < -0.39 is 0 Å². The van der Waals surface area contributed by atoms with Crippen LogP contribution in [0.1, 0.15) is 36.0 Å². The summed E-state index contributed by atoms with van der Waals surface area (Å²) in [5.41, 5.74) is 6.74. The molecule has 1 aliphatic heterocycles. The fourth-order valence-electron chi connectivity index (χ4n) is 2.30. The highest BCUT2D eigenvalue weighted by Crippen LogP contribution is 2.40. The highest BCUT2D eigenvalue weighted by molar-refractivity contribution is 8.00. The zero-order chi connectivity index (χ0) is 13.4. The molecule has 100 valence electrons. The van der Waals surface area contributed by atoms with Crippen molar-refractivity contribution >= 4 is 29.1 Å². The minimum Gasteiger partial charge on any atom is -0.381 e. The summed E-state index contributed by atoms with van der Waals surface area (Å²) < 4.78 is 0. The van der Waals surface area contributed by atoms with Crippen molar-refractivity contribution in [3.05, 3.63) is 23.8 Å². The van der Waals surface area contributed by atoms with Crippen LogP contribution < -0.4 is 11.1 Å². The lowest BCUT2D eigenvalue weighted by atomic mass is 9.95. The number of anilines is 1. The van der Waals surface area contributed by atoms with Crippen molar-refractivity contribution in [2.45, 2.75) is 41.9 Å². The number of benzene rings is 1. The largest absolute Gasteiger partial charge is 0.381 e. The van der Waals surface area contributed by atoms with Gasteiger partial charge in [0.15, 0.2) is 5.78 Å². The second kappa shape index (κ2) is 4.89. The van der Waals surface area contributed by atoms with E-state index in [0.717, 1.165) is 21.4 Å². The fraction of sp³-hybridized carbons (Fsp3) is 0.429. The molecule has 2 aliphatic rings. The standard InChI is InChI=1S/C14H16N2O2S/c15-14(18)6-8-5-13(17)11-7-10(19-9-1-2-9)3-4-12(11)16-8/h3-4,7-9,16H,1-2,5-6H2,(H2,15,18). The van der Waals surface area contributed by atoms with E-state index in [0.29, 0.717) is 6.42 Å². The molecular weight excluding hydrogens is 260 g/mol. The summed E-state index contributed by atoms with van der Waals surface area (Å²) in [7, 11) is 0. The second-order valence-corrected chi connectivity index (χ2v) is 6.54. The fourth-order valence-corrected chi connectivity index (χ4v) is 3.39. The maximum absolute atomic E-state index is 12.1. The molecule has 3 rings (SSSR count). The van der Waals surface area contributed by atoms with Gasteiger partial charge >= 0.3 is 0 Å². The number of Topliss-reactive ketones (excluding diaryl/α,β-unsaturated/α-hetero) is 1. The van der Waals surface area contributed by atoms with Crippen molar-refractivity contribution in [3.63, 3.8) is 0 Å². The molecule has 1 saturated carbocycles. The van der Waals surface area contributed by atoms with Crippen LogP contribution in [0.2, 0.25) is 0 Å². The Morgan fingerprint density at radius 2 is 2.21 bits per heavy atom. The van der Waals surface area contributed by atoms with Gasteiger partial charge in [-0.3, -0.25) is 9.59 Å². The maximum atomic E-state index is 12.1. The van der Waals surface area contributed by atoms with Gasteiger partial charge in [-0.1, -0.05) is 0 Å². The zero-order valence-corrected chi connectivity index (χ0v) is 11.3. The number of fused-ring (bicyclic) bond motifs is 1. The van der Waals surface area contributed by atoms with Gasteiger partial charge in [-0.05, 0) is 31.0 Å². The minimum atomic E-state index is -0.380. The normalized spacial score (nSPS) is 21.7. The maximum Gasteiger partial charge on any atom is 0.219 e. The molecule has 1 aromatic carbocycles. The quantitative estimate of drug-likeness (QED) is 0.884. The Kier molecular flexibility index (Phi) is 3.22. The summed E-state index contributed by atoms with van der Waals surface area (Å²) >= 11 is 1.84. The van der Waals surface area contributed by atoms with E-state index >= 15 is 0 Å². The molecule has 0 saturated heterocycles. The van der Waals surface area contributed by atoms with E-state index in [1.807, 2.05) is 30.0 Å². The number of carbonyl (C=O) groups excluding carboxylic acids is 2. The van der Waals surface area contributed by atoms with E-state index in [2.05, 4.69) is 5.32 Å². The summed E-state index contributed by atoms with van der Waals surface area (Å²) in [6.07, 6.45) is 3.08. The average molecular weight is 276 g/mol. The monoisotopic (exact) mass is 276 g/mol. The predicted molar refractivity (Wildman–Crippen MR) is 75.5 cm³/mol. The molecule has 0 aromatic heterocycles. The SMILES string of the molecule is NC(=O)CC1CC(=O)c2cc(SC3CC3)ccc2N1. The first-order chi connectivity index (χ1) is 9.11. The Morgan fingerprint density at radius 3 is 2.89 bits per heavy atom. The third kappa shape index (κ3) is 2.92. The molecule has 0 radical (unpaired) electrons. The molecule has 1 aromatic rings. The molecule has 1 atom stereocenters. The van der Waals surface area contributed by atoms with Crippen LogP contribution in [0.4, 0.5) is 5.69 Å². The van der Waals surface area contributed by atoms with Gasteiger partial charge < -0.3 is 11.1 Å². The van der Waals surface area contributed by atoms with Crippen molar-refractivity contribution in [1.82, 2.24) is 0 Å². The van der Waals surface area contributed by atoms with Gasteiger partial charge in [-0.15, -0.1) is 11.8 Å². The smallest absolute Gasteiger partial charge is 0.219 e. The Hall–Kier alpha value is -1.49. The molecule has 3 N–H and O–H groups in total. The van der Waals surface area contributed by atoms with Crippen LogP contribution in [0.5, 0.6) is 0 Å². The summed E-state index contributed by atoms with van der Waals surface area (Å²) in [5, 5.41) is 3.95. The van der Waals surface area contributed by atoms with Crippen molar-refractivity contribution in [2.75, 3.05) is 5.32 Å². The third-order valence-electron chi connectivity index (χ3n) is 3.36. The lowest BCUT2D eigenvalue weighted by Gasteiger charge is -2.25. The topological polar surface area (TPSA) is 72.2 Å². The molecule has 1 amide bonds. The third-order valence-corrected chi connectivity index (χ3v) is 4.69. The number of hydrogen-bond donors (Lipinski definition) is 2. The molecule has 1 fully saturated rings. The van der Waals surface area contributed by atoms with Crippen LogP contribution in [0.3, 0.4) is 0 Å². The Bertz CT molecular complexity index is 540. The van der Waals surface area contributed by atoms with Gasteiger partial charge in [0, 0.05) is 40.3 Å². The number of nitrogens with one attached hydrogen (secondary N) is 1. The first-order valence-electron chi connectivity index (χ1n) is 6.50. The van der Waals surface area contributed by atoms with E-state index in [4.69, 9.17) is 5.73 Å². The van der Waals surface area contributed by atoms with E-state index in [9.17, 15) is 9.59 Å². The highest BCUT2D eigenvalue weighted by Gasteiger charge is 2.27. The number of carbonyl (C=O) groups is 2. The number of thioether (sulfide) groups is 1. The number of hydrogen-bond acceptors (Lipinski definition) is 4. The predicted octanol–water partition coefficient (Wildman–Crippen LogP) is 2.18. The molecule has 0 spiro atoms. The highest BCUT2D eigenvalue weighted by atomic mass is 32.2. The van der Waals surface area contributed by atoms with E-state index in [1.54, 1.807) is 0 Å². The van der Waals surface area contributed by atoms with Gasteiger partial charge in [0.05, 0.1) is 0 Å². The summed E-state index contributed by atoms with van der Waals surface area (Å²) in [4.78, 5) is 24.2. The lowest BCUT2D eigenvalue weighted by molar-refractivity contribution is -0.118. The molecule has 0 bridgehead atoms. The van der Waals surface area contributed by atoms with Crippen LogP contribution in [0.25, 0.3) is 0 Å². The van der Waals surface area contributed by atoms with E-state index in [1.165, 1.54) is 12.8 Å². The van der Waals surface area contributed by atoms with Gasteiger partial charge in [-0.25, -0.2) is 0 Å². The first kappa shape index (κ1) is 12.5. The summed E-state index contributed by atoms with van der Waals surface area (Å²) in [6.45, 7) is 0. The molecular formula is C14H16N2O2S. The zero-order valence-electron chi connectivity index (χ0n) is 10.5. The van der Waals surface area contributed by atoms with Gasteiger partial charge in [0.2, 0.25) is 5.91 Å². The molecule has 4 nitrogen and oxygen atoms in total. The van der Waals surface area contributed by atoms with Crippen LogP contribution in [-0.2, 0) is 4.79 Å². The first-order valence-corrected chi connectivity index (χ1v) is 7.38. The van der Waals surface area contributed by atoms with Crippen LogP contribution in [0, 0.1) is 0 Å². The average Bonchev–Trinajstić information content (AvgIpc) is 3.13. The van der Waals surface area contributed by atoms with Crippen LogP contribution in [-0.4, -0.2) is 23.0 Å². The summed E-state index contributed by atoms with van der Waals surface area (Å²) in [5.74, 6) is -0.284. The van der Waals surface area contributed by atoms with Crippen LogP contribution >= 0.6 is 11.8 Å². The van der Waals surface area contributed by atoms with Crippen molar-refractivity contribution in [1.29, 1.82) is 0 Å². The number of rotatable bonds is 4. The number of primary amides is 1. The Balaban J connectivity index is 1.79. The molecule has 19 heavy (non-hydrogen) atoms. The van der Waals surface area contributed by atoms with Gasteiger partial charge in [-0.2, -0.15) is 0 Å².